The fourth-order valence-electron chi connectivity index (χ4n) is 1.61. The summed E-state index contributed by atoms with van der Waals surface area (Å²) in [6.45, 7) is 9.73. The molecular weight excluding hydrogens is 290 g/mol. The van der Waals surface area contributed by atoms with E-state index in [-0.39, 0.29) is 32.6 Å². The summed E-state index contributed by atoms with van der Waals surface area (Å²) in [5.74, 6) is 0. The zero-order chi connectivity index (χ0) is 14.9. The molecule has 0 aliphatic heterocycles. The molecule has 19 heavy (non-hydrogen) atoms. The molecular formula is C11H26O6P2. The van der Waals surface area contributed by atoms with Gasteiger partial charge in [0, 0.05) is 0 Å². The largest absolute Gasteiger partial charge is 0.334 e. The average Bonchev–Trinajstić information content (AvgIpc) is 2.29. The van der Waals surface area contributed by atoms with E-state index < -0.39 is 20.9 Å². The van der Waals surface area contributed by atoms with Gasteiger partial charge in [-0.25, -0.2) is 0 Å². The molecule has 0 bridgehead atoms. The maximum atomic E-state index is 12.5. The van der Waals surface area contributed by atoms with Crippen molar-refractivity contribution in [2.75, 3.05) is 32.6 Å². The number of rotatable bonds is 11. The van der Waals surface area contributed by atoms with E-state index >= 15 is 0 Å². The van der Waals surface area contributed by atoms with Crippen LogP contribution in [-0.2, 0) is 27.2 Å². The summed E-state index contributed by atoms with van der Waals surface area (Å²) in [5.41, 5.74) is -0.545. The molecule has 116 valence electrons. The van der Waals surface area contributed by atoms with Gasteiger partial charge in [-0.1, -0.05) is 6.92 Å². The molecule has 0 saturated carbocycles. The number of hydrogen-bond acceptors (Lipinski definition) is 6. The van der Waals surface area contributed by atoms with Crippen molar-refractivity contribution >= 4 is 15.2 Å². The molecule has 0 aromatic carbocycles. The second-order valence-electron chi connectivity index (χ2n) is 3.85. The second-order valence-corrected chi connectivity index (χ2v) is 8.43. The van der Waals surface area contributed by atoms with Crippen LogP contribution in [0.25, 0.3) is 0 Å². The summed E-state index contributed by atoms with van der Waals surface area (Å²) in [5, 5.41) is 0. The minimum atomic E-state index is -3.29. The molecule has 0 N–H and O–H groups in total. The Morgan fingerprint density at radius 3 is 1.47 bits per heavy atom. The molecule has 0 heterocycles. The third-order valence-corrected chi connectivity index (χ3v) is 7.38. The molecule has 0 fully saturated rings. The predicted molar refractivity (Wildman–Crippen MR) is 76.0 cm³/mol. The Kier molecular flexibility index (Phi) is 9.42. The van der Waals surface area contributed by atoms with E-state index in [2.05, 4.69) is 0 Å². The first-order chi connectivity index (χ1) is 8.87. The standard InChI is InChI=1S/C11H26O6P2/c1-6-14-18(12,15-7-2)10-11(5)19(13,16-8-3)17-9-4/h11H,6-10H2,1-5H3/t11-/m0/s1. The zero-order valence-corrected chi connectivity index (χ0v) is 14.2. The third-order valence-electron chi connectivity index (χ3n) is 2.30. The second kappa shape index (κ2) is 9.28. The van der Waals surface area contributed by atoms with Gasteiger partial charge in [0.1, 0.15) is 0 Å². The van der Waals surface area contributed by atoms with Crippen molar-refractivity contribution in [3.8, 4) is 0 Å². The van der Waals surface area contributed by atoms with Gasteiger partial charge in [-0.05, 0) is 27.7 Å². The topological polar surface area (TPSA) is 71.1 Å². The highest BCUT2D eigenvalue weighted by Gasteiger charge is 2.38. The summed E-state index contributed by atoms with van der Waals surface area (Å²) in [6.07, 6.45) is 0.0198. The van der Waals surface area contributed by atoms with Crippen LogP contribution in [0.2, 0.25) is 0 Å². The smallest absolute Gasteiger partial charge is 0.309 e. The summed E-state index contributed by atoms with van der Waals surface area (Å²) in [4.78, 5) is 0. The van der Waals surface area contributed by atoms with Gasteiger partial charge in [0.15, 0.2) is 0 Å². The van der Waals surface area contributed by atoms with Gasteiger partial charge in [0.05, 0.1) is 38.2 Å². The zero-order valence-electron chi connectivity index (χ0n) is 12.5. The average molecular weight is 316 g/mol. The predicted octanol–water partition coefficient (Wildman–Crippen LogP) is 3.91. The Bertz CT molecular complexity index is 313. The Hall–Kier alpha value is 0.300. The maximum absolute atomic E-state index is 12.5. The molecule has 1 atom stereocenters. The first kappa shape index (κ1) is 19.3. The van der Waals surface area contributed by atoms with Crippen LogP contribution in [0.5, 0.6) is 0 Å². The van der Waals surface area contributed by atoms with Crippen molar-refractivity contribution in [3.05, 3.63) is 0 Å². The lowest BCUT2D eigenvalue weighted by Crippen LogP contribution is -2.16. The summed E-state index contributed by atoms with van der Waals surface area (Å²) in [7, 11) is -6.54. The van der Waals surface area contributed by atoms with Crippen molar-refractivity contribution in [1.82, 2.24) is 0 Å². The Labute approximate surface area is 116 Å². The lowest BCUT2D eigenvalue weighted by Gasteiger charge is -2.26. The van der Waals surface area contributed by atoms with Crippen LogP contribution in [0.1, 0.15) is 34.6 Å². The van der Waals surface area contributed by atoms with Crippen LogP contribution in [0.4, 0.5) is 0 Å². The quantitative estimate of drug-likeness (QED) is 0.538. The molecule has 6 nitrogen and oxygen atoms in total. The number of hydrogen-bond donors (Lipinski definition) is 0. The van der Waals surface area contributed by atoms with E-state index in [9.17, 15) is 9.13 Å². The minimum Gasteiger partial charge on any atom is -0.309 e. The first-order valence-electron chi connectivity index (χ1n) is 6.64. The molecule has 0 amide bonds. The highest BCUT2D eigenvalue weighted by molar-refractivity contribution is 7.58. The summed E-state index contributed by atoms with van der Waals surface area (Å²) < 4.78 is 45.8. The van der Waals surface area contributed by atoms with E-state index in [1.165, 1.54) is 0 Å². The van der Waals surface area contributed by atoms with Gasteiger partial charge in [0.2, 0.25) is 0 Å². The molecule has 0 radical (unpaired) electrons. The fraction of sp³-hybridized carbons (Fsp3) is 1.00. The lowest BCUT2D eigenvalue weighted by atomic mass is 10.6. The van der Waals surface area contributed by atoms with Crippen molar-refractivity contribution in [3.63, 3.8) is 0 Å². The van der Waals surface area contributed by atoms with Crippen LogP contribution in [-0.4, -0.2) is 38.2 Å². The van der Waals surface area contributed by atoms with Gasteiger partial charge in [-0.2, -0.15) is 0 Å². The highest BCUT2D eigenvalue weighted by Crippen LogP contribution is 2.59. The molecule has 0 aliphatic carbocycles. The van der Waals surface area contributed by atoms with Crippen molar-refractivity contribution in [1.29, 1.82) is 0 Å². The molecule has 0 aliphatic rings. The van der Waals surface area contributed by atoms with Gasteiger partial charge < -0.3 is 18.1 Å². The molecule has 0 saturated heterocycles. The van der Waals surface area contributed by atoms with Gasteiger partial charge in [0.25, 0.3) is 0 Å². The highest BCUT2D eigenvalue weighted by atomic mass is 31.2. The molecule has 0 aromatic rings. The monoisotopic (exact) mass is 316 g/mol. The van der Waals surface area contributed by atoms with Crippen LogP contribution < -0.4 is 0 Å². The Morgan fingerprint density at radius 1 is 0.789 bits per heavy atom. The minimum absolute atomic E-state index is 0.0198. The van der Waals surface area contributed by atoms with Gasteiger partial charge in [-0.15, -0.1) is 0 Å². The SMILES string of the molecule is CCOP(=O)(C[C@H](C)P(=O)(OCC)OCC)OCC. The molecule has 0 unspecified atom stereocenters. The molecule has 0 spiro atoms. The summed E-state index contributed by atoms with van der Waals surface area (Å²) >= 11 is 0. The third kappa shape index (κ3) is 6.52. The maximum Gasteiger partial charge on any atom is 0.334 e. The van der Waals surface area contributed by atoms with Crippen molar-refractivity contribution in [2.45, 2.75) is 40.3 Å². The first-order valence-corrected chi connectivity index (χ1v) is 9.98. The van der Waals surface area contributed by atoms with Crippen molar-refractivity contribution in [2.24, 2.45) is 0 Å². The van der Waals surface area contributed by atoms with E-state index in [4.69, 9.17) is 18.1 Å². The summed E-state index contributed by atoms with van der Waals surface area (Å²) in [6, 6.07) is 0. The van der Waals surface area contributed by atoms with E-state index in [1.807, 2.05) is 0 Å². The van der Waals surface area contributed by atoms with Crippen LogP contribution in [0, 0.1) is 0 Å². The van der Waals surface area contributed by atoms with Crippen LogP contribution in [0.3, 0.4) is 0 Å². The van der Waals surface area contributed by atoms with Gasteiger partial charge in [-0.3, -0.25) is 9.13 Å². The van der Waals surface area contributed by atoms with Crippen LogP contribution >= 0.6 is 15.2 Å². The Balaban J connectivity index is 4.90. The van der Waals surface area contributed by atoms with Crippen molar-refractivity contribution < 1.29 is 27.2 Å². The fourth-order valence-corrected chi connectivity index (χ4v) is 6.03. The molecule has 8 heteroatoms. The molecule has 0 aromatic heterocycles. The van der Waals surface area contributed by atoms with E-state index in [0.29, 0.717) is 0 Å². The van der Waals surface area contributed by atoms with E-state index in [0.717, 1.165) is 0 Å². The van der Waals surface area contributed by atoms with E-state index in [1.54, 1.807) is 34.6 Å². The lowest BCUT2D eigenvalue weighted by molar-refractivity contribution is 0.205. The van der Waals surface area contributed by atoms with Gasteiger partial charge >= 0.3 is 15.2 Å². The Morgan fingerprint density at radius 2 is 1.16 bits per heavy atom. The normalized spacial score (nSPS) is 14.6. The van der Waals surface area contributed by atoms with Crippen LogP contribution in [0.15, 0.2) is 0 Å². The molecule has 0 rings (SSSR count).